The molecule has 2 atom stereocenters. The number of nitrogens with zero attached hydrogens (tertiary/aromatic N) is 2. The summed E-state index contributed by atoms with van der Waals surface area (Å²) >= 11 is 0. The molecule has 0 aliphatic carbocycles. The summed E-state index contributed by atoms with van der Waals surface area (Å²) in [6, 6.07) is 7.15. The molecule has 21 heavy (non-hydrogen) atoms. The highest BCUT2D eigenvalue weighted by molar-refractivity contribution is 5.34. The van der Waals surface area contributed by atoms with Crippen molar-refractivity contribution in [2.75, 3.05) is 13.1 Å². The molecule has 0 amide bonds. The molecule has 1 aromatic carbocycles. The van der Waals surface area contributed by atoms with E-state index >= 15 is 0 Å². The zero-order valence-electron chi connectivity index (χ0n) is 12.9. The molecule has 116 valence electrons. The normalized spacial score (nSPS) is 24.0. The fraction of sp³-hybridized carbons (Fsp3) is 0.625. The molecule has 1 aromatic rings. The summed E-state index contributed by atoms with van der Waals surface area (Å²) < 4.78 is 0. The maximum Gasteiger partial charge on any atom is 0.269 e. The third-order valence-electron chi connectivity index (χ3n) is 4.08. The van der Waals surface area contributed by atoms with E-state index in [0.717, 1.165) is 31.5 Å². The van der Waals surface area contributed by atoms with Gasteiger partial charge in [-0.1, -0.05) is 32.4 Å². The fourth-order valence-corrected chi connectivity index (χ4v) is 3.19. The number of nitro benzene ring substituents is 1. The molecule has 1 aliphatic heterocycles. The molecule has 1 saturated heterocycles. The van der Waals surface area contributed by atoms with Crippen LogP contribution in [0.15, 0.2) is 24.3 Å². The van der Waals surface area contributed by atoms with Crippen LogP contribution in [-0.2, 0) is 0 Å². The number of hydrogen-bond donors (Lipinski definition) is 1. The Morgan fingerprint density at radius 3 is 2.57 bits per heavy atom. The topological polar surface area (TPSA) is 72.4 Å². The van der Waals surface area contributed by atoms with E-state index in [-0.39, 0.29) is 22.7 Å². The summed E-state index contributed by atoms with van der Waals surface area (Å²) in [6.45, 7) is 6.48. The first-order valence-electron chi connectivity index (χ1n) is 7.73. The predicted octanol–water partition coefficient (Wildman–Crippen LogP) is 3.11. The highest BCUT2D eigenvalue weighted by Crippen LogP contribution is 2.31. The minimum Gasteiger partial charge on any atom is -0.326 e. The lowest BCUT2D eigenvalue weighted by molar-refractivity contribution is -0.384. The lowest BCUT2D eigenvalue weighted by Gasteiger charge is -2.35. The van der Waals surface area contributed by atoms with Gasteiger partial charge in [0.25, 0.3) is 5.69 Å². The Morgan fingerprint density at radius 2 is 2.00 bits per heavy atom. The highest BCUT2D eigenvalue weighted by Gasteiger charge is 2.29. The first-order valence-corrected chi connectivity index (χ1v) is 7.73. The number of likely N-dealkylation sites (tertiary alicyclic amines) is 1. The van der Waals surface area contributed by atoms with Crippen LogP contribution in [0.25, 0.3) is 0 Å². The van der Waals surface area contributed by atoms with Crippen LogP contribution < -0.4 is 5.73 Å². The van der Waals surface area contributed by atoms with E-state index in [4.69, 9.17) is 5.73 Å². The smallest absolute Gasteiger partial charge is 0.269 e. The van der Waals surface area contributed by atoms with Crippen LogP contribution in [0.1, 0.15) is 44.7 Å². The summed E-state index contributed by atoms with van der Waals surface area (Å²) in [5.41, 5.74) is 7.63. The summed E-state index contributed by atoms with van der Waals surface area (Å²) in [4.78, 5) is 12.9. The van der Waals surface area contributed by atoms with Crippen molar-refractivity contribution in [3.8, 4) is 0 Å². The minimum absolute atomic E-state index is 0.0905. The summed E-state index contributed by atoms with van der Waals surface area (Å²) in [5, 5.41) is 10.8. The summed E-state index contributed by atoms with van der Waals surface area (Å²) in [6.07, 6.45) is 3.33. The highest BCUT2D eigenvalue weighted by atomic mass is 16.6. The van der Waals surface area contributed by atoms with Crippen molar-refractivity contribution >= 4 is 5.69 Å². The molecule has 5 heteroatoms. The van der Waals surface area contributed by atoms with E-state index in [2.05, 4.69) is 18.7 Å². The fourth-order valence-electron chi connectivity index (χ4n) is 3.19. The van der Waals surface area contributed by atoms with E-state index in [1.807, 2.05) is 12.1 Å². The predicted molar refractivity (Wildman–Crippen MR) is 84.1 cm³/mol. The monoisotopic (exact) mass is 291 g/mol. The molecular weight excluding hydrogens is 266 g/mol. The number of benzene rings is 1. The van der Waals surface area contributed by atoms with Gasteiger partial charge in [-0.05, 0) is 30.9 Å². The van der Waals surface area contributed by atoms with Gasteiger partial charge in [0.15, 0.2) is 0 Å². The quantitative estimate of drug-likeness (QED) is 0.683. The Hall–Kier alpha value is -1.46. The summed E-state index contributed by atoms with van der Waals surface area (Å²) in [7, 11) is 0. The van der Waals surface area contributed by atoms with Gasteiger partial charge in [-0.15, -0.1) is 0 Å². The van der Waals surface area contributed by atoms with Gasteiger partial charge in [0, 0.05) is 30.8 Å². The molecule has 0 spiro atoms. The molecule has 1 aliphatic rings. The third kappa shape index (κ3) is 4.02. The second kappa shape index (κ2) is 7.00. The van der Waals surface area contributed by atoms with Crippen molar-refractivity contribution in [2.45, 2.75) is 45.2 Å². The van der Waals surface area contributed by atoms with Crippen molar-refractivity contribution in [3.05, 3.63) is 39.9 Å². The molecule has 0 aromatic heterocycles. The summed E-state index contributed by atoms with van der Waals surface area (Å²) in [5.74, 6) is 0.579. The molecule has 2 N–H and O–H groups in total. The molecule has 1 fully saturated rings. The zero-order chi connectivity index (χ0) is 15.4. The molecule has 1 heterocycles. The van der Waals surface area contributed by atoms with E-state index in [0.29, 0.717) is 5.92 Å². The first-order chi connectivity index (χ1) is 9.99. The second-order valence-electron chi connectivity index (χ2n) is 6.34. The Bertz CT molecular complexity index is 473. The number of non-ortho nitro benzene ring substituents is 1. The Labute approximate surface area is 126 Å². The van der Waals surface area contributed by atoms with Crippen LogP contribution in [0.4, 0.5) is 5.69 Å². The lowest BCUT2D eigenvalue weighted by Crippen LogP contribution is -2.41. The molecular formula is C16H25N3O2. The Kier molecular flexibility index (Phi) is 5.31. The molecule has 2 unspecified atom stereocenters. The number of hydrogen-bond acceptors (Lipinski definition) is 4. The second-order valence-corrected chi connectivity index (χ2v) is 6.34. The van der Waals surface area contributed by atoms with Crippen molar-refractivity contribution in [1.29, 1.82) is 0 Å². The van der Waals surface area contributed by atoms with Crippen LogP contribution in [0.3, 0.4) is 0 Å². The van der Waals surface area contributed by atoms with Crippen LogP contribution in [0.5, 0.6) is 0 Å². The Balaban J connectivity index is 2.27. The van der Waals surface area contributed by atoms with Crippen molar-refractivity contribution in [3.63, 3.8) is 0 Å². The maximum absolute atomic E-state index is 10.8. The van der Waals surface area contributed by atoms with Crippen molar-refractivity contribution in [2.24, 2.45) is 11.7 Å². The van der Waals surface area contributed by atoms with Gasteiger partial charge in [0.05, 0.1) is 4.92 Å². The van der Waals surface area contributed by atoms with Gasteiger partial charge >= 0.3 is 0 Å². The number of nitrogens with two attached hydrogens (primary N) is 1. The van der Waals surface area contributed by atoms with Crippen LogP contribution in [-0.4, -0.2) is 29.0 Å². The van der Waals surface area contributed by atoms with Gasteiger partial charge < -0.3 is 5.73 Å². The van der Waals surface area contributed by atoms with E-state index in [9.17, 15) is 10.1 Å². The van der Waals surface area contributed by atoms with Gasteiger partial charge in [-0.25, -0.2) is 0 Å². The molecule has 0 radical (unpaired) electrons. The molecule has 0 saturated carbocycles. The molecule has 5 nitrogen and oxygen atoms in total. The zero-order valence-corrected chi connectivity index (χ0v) is 12.9. The minimum atomic E-state index is -0.358. The van der Waals surface area contributed by atoms with E-state index in [1.54, 1.807) is 12.1 Å². The molecule has 0 bridgehead atoms. The first kappa shape index (κ1) is 15.9. The van der Waals surface area contributed by atoms with Gasteiger partial charge in [-0.2, -0.15) is 0 Å². The Morgan fingerprint density at radius 1 is 1.33 bits per heavy atom. The SMILES string of the molecule is CC(C)CN1CCCCC(N)C1c1ccc([N+](=O)[O-])cc1. The number of rotatable bonds is 4. The number of nitro groups is 1. The van der Waals surface area contributed by atoms with Gasteiger partial charge in [-0.3, -0.25) is 15.0 Å². The van der Waals surface area contributed by atoms with E-state index < -0.39 is 0 Å². The van der Waals surface area contributed by atoms with E-state index in [1.165, 1.54) is 6.42 Å². The molecule has 2 rings (SSSR count). The van der Waals surface area contributed by atoms with Crippen molar-refractivity contribution < 1.29 is 4.92 Å². The van der Waals surface area contributed by atoms with Crippen LogP contribution in [0, 0.1) is 16.0 Å². The lowest BCUT2D eigenvalue weighted by atomic mass is 9.95. The average molecular weight is 291 g/mol. The standard InChI is InChI=1S/C16H25N3O2/c1-12(2)11-18-10-4-3-5-15(17)16(18)13-6-8-14(9-7-13)19(20)21/h6-9,12,15-16H,3-5,10-11,17H2,1-2H3. The van der Waals surface area contributed by atoms with Gasteiger partial charge in [0.2, 0.25) is 0 Å². The maximum atomic E-state index is 10.8. The third-order valence-corrected chi connectivity index (χ3v) is 4.08. The average Bonchev–Trinajstić information content (AvgIpc) is 2.60. The largest absolute Gasteiger partial charge is 0.326 e. The van der Waals surface area contributed by atoms with Gasteiger partial charge in [0.1, 0.15) is 0 Å². The van der Waals surface area contributed by atoms with Crippen LogP contribution >= 0.6 is 0 Å². The van der Waals surface area contributed by atoms with Crippen molar-refractivity contribution in [1.82, 2.24) is 4.90 Å². The van der Waals surface area contributed by atoms with Crippen LogP contribution in [0.2, 0.25) is 0 Å².